The van der Waals surface area contributed by atoms with E-state index in [0.29, 0.717) is 0 Å². The van der Waals surface area contributed by atoms with E-state index >= 15 is 0 Å². The highest BCUT2D eigenvalue weighted by atomic mass is 32.1. The van der Waals surface area contributed by atoms with E-state index in [1.807, 2.05) is 0 Å². The Hall–Kier alpha value is -1.59. The van der Waals surface area contributed by atoms with Gasteiger partial charge in [-0.15, -0.1) is 0 Å². The van der Waals surface area contributed by atoms with Crippen LogP contribution in [0.15, 0.2) is 0 Å². The van der Waals surface area contributed by atoms with Crippen LogP contribution in [0.25, 0.3) is 0 Å². The monoisotopic (exact) mass is 171 g/mol. The van der Waals surface area contributed by atoms with Crippen LogP contribution in [0.5, 0.6) is 0 Å². The first-order valence-corrected chi connectivity index (χ1v) is 2.97. The van der Waals surface area contributed by atoms with Gasteiger partial charge >= 0.3 is 17.5 Å². The van der Waals surface area contributed by atoms with Gasteiger partial charge in [0, 0.05) is 0 Å². The van der Waals surface area contributed by atoms with E-state index < -0.39 is 17.5 Å². The number of thiocarbonyl (C=S) groups is 1. The van der Waals surface area contributed by atoms with Crippen molar-refractivity contribution in [1.29, 1.82) is 5.53 Å². The van der Waals surface area contributed by atoms with Gasteiger partial charge in [0.2, 0.25) is 0 Å². The number of nitrogens with one attached hydrogen (secondary N) is 3. The van der Waals surface area contributed by atoms with E-state index in [1.165, 1.54) is 0 Å². The quantitative estimate of drug-likeness (QED) is 0.228. The number of carbonyl (C=O) groups is 2. The van der Waals surface area contributed by atoms with Crippen LogP contribution < -0.4 is 10.6 Å². The maximum Gasteiger partial charge on any atom is 0.492 e. The molecule has 1 aliphatic heterocycles. The zero-order valence-corrected chi connectivity index (χ0v) is 5.99. The fourth-order valence-corrected chi connectivity index (χ4v) is 0.746. The summed E-state index contributed by atoms with van der Waals surface area (Å²) in [6.07, 6.45) is 0. The highest BCUT2D eigenvalue weighted by molar-refractivity contribution is 7.80. The van der Waals surface area contributed by atoms with E-state index in [1.54, 1.807) is 0 Å². The fourth-order valence-electron chi connectivity index (χ4n) is 0.561. The van der Waals surface area contributed by atoms with Gasteiger partial charge in [-0.05, 0) is 12.2 Å². The van der Waals surface area contributed by atoms with Crippen LogP contribution in [0.4, 0.5) is 0 Å². The molecule has 1 heterocycles. The molecule has 1 saturated heterocycles. The van der Waals surface area contributed by atoms with E-state index in [-0.39, 0.29) is 5.11 Å². The van der Waals surface area contributed by atoms with Crippen molar-refractivity contribution < 1.29 is 14.4 Å². The summed E-state index contributed by atoms with van der Waals surface area (Å²) in [5.41, 5.74) is 5.96. The SMILES string of the molecule is N=[N+]=C1C(=O)NC(=S)NC1=O. The molecule has 0 bridgehead atoms. The molecule has 0 aromatic carbocycles. The van der Waals surface area contributed by atoms with E-state index in [0.717, 1.165) is 0 Å². The second-order valence-corrected chi connectivity index (χ2v) is 2.11. The molecule has 0 radical (unpaired) electrons. The number of carbonyl (C=O) groups excluding carboxylic acids is 2. The Balaban J connectivity index is 3.02. The Morgan fingerprint density at radius 1 is 1.27 bits per heavy atom. The van der Waals surface area contributed by atoms with Crippen molar-refractivity contribution in [2.75, 3.05) is 0 Å². The molecule has 1 fully saturated rings. The highest BCUT2D eigenvalue weighted by Gasteiger charge is 2.37. The smallest absolute Gasteiger partial charge is 0.292 e. The standard InChI is InChI=1S/C4H2N4O2S/c5-8-1-2(9)6-4(11)7-3(1)10/h5H,(H-,6,7,9,10,11)/p+1. The summed E-state index contributed by atoms with van der Waals surface area (Å²) in [6, 6.07) is 0. The number of hydrogen-bond acceptors (Lipinski definition) is 4. The largest absolute Gasteiger partial charge is 0.492 e. The topological polar surface area (TPSA) is 96.2 Å². The average molecular weight is 171 g/mol. The van der Waals surface area contributed by atoms with Gasteiger partial charge in [0.05, 0.1) is 10.3 Å². The Bertz CT molecular complexity index is 281. The summed E-state index contributed by atoms with van der Waals surface area (Å²) in [7, 11) is 0. The third-order valence-corrected chi connectivity index (χ3v) is 1.20. The Labute approximate surface area is 66.2 Å². The molecule has 6 nitrogen and oxygen atoms in total. The summed E-state index contributed by atoms with van der Waals surface area (Å²) in [4.78, 5) is 24.2. The molecule has 0 saturated carbocycles. The Kier molecular flexibility index (Phi) is 1.75. The van der Waals surface area contributed by atoms with E-state index in [4.69, 9.17) is 5.53 Å². The zero-order valence-electron chi connectivity index (χ0n) is 5.17. The summed E-state index contributed by atoms with van der Waals surface area (Å²) in [5, 5.41) is 4.18. The van der Waals surface area contributed by atoms with Gasteiger partial charge in [0.25, 0.3) is 0 Å². The second kappa shape index (κ2) is 2.57. The molecule has 0 aliphatic carbocycles. The molecule has 56 valence electrons. The Morgan fingerprint density at radius 3 is 2.09 bits per heavy atom. The molecule has 7 heteroatoms. The van der Waals surface area contributed by atoms with Crippen molar-refractivity contribution >= 4 is 34.9 Å². The van der Waals surface area contributed by atoms with Gasteiger partial charge in [-0.25, -0.2) is 0 Å². The summed E-state index contributed by atoms with van der Waals surface area (Å²) in [6.45, 7) is 0. The van der Waals surface area contributed by atoms with Crippen molar-refractivity contribution in [2.45, 2.75) is 0 Å². The molecule has 0 aromatic rings. The maximum absolute atomic E-state index is 10.7. The van der Waals surface area contributed by atoms with Crippen LogP contribution in [-0.2, 0) is 9.59 Å². The second-order valence-electron chi connectivity index (χ2n) is 1.70. The van der Waals surface area contributed by atoms with Crippen molar-refractivity contribution in [1.82, 2.24) is 10.6 Å². The number of nitrogens with zero attached hydrogens (tertiary/aromatic N) is 1. The molecule has 0 aromatic heterocycles. The van der Waals surface area contributed by atoms with Gasteiger partial charge in [-0.2, -0.15) is 0 Å². The van der Waals surface area contributed by atoms with Crippen LogP contribution in [0, 0.1) is 5.53 Å². The molecule has 3 N–H and O–H groups in total. The van der Waals surface area contributed by atoms with Crippen molar-refractivity contribution in [3.63, 3.8) is 0 Å². The lowest BCUT2D eigenvalue weighted by molar-refractivity contribution is -0.146. The number of rotatable bonds is 0. The minimum Gasteiger partial charge on any atom is -0.292 e. The molecule has 1 rings (SSSR count). The predicted octanol–water partition coefficient (Wildman–Crippen LogP) is -1.80. The summed E-state index contributed by atoms with van der Waals surface area (Å²) in [5.74, 6) is -1.48. The molecule has 0 atom stereocenters. The third-order valence-electron chi connectivity index (χ3n) is 0.996. The van der Waals surface area contributed by atoms with Crippen LogP contribution in [-0.4, -0.2) is 27.4 Å². The molecular weight excluding hydrogens is 168 g/mol. The van der Waals surface area contributed by atoms with Gasteiger partial charge in [0.15, 0.2) is 5.11 Å². The average Bonchev–Trinajstić information content (AvgIpc) is 1.85. The first kappa shape index (κ1) is 7.52. The lowest BCUT2D eigenvalue weighted by atomic mass is 10.3. The summed E-state index contributed by atoms with van der Waals surface area (Å²) < 4.78 is 0. The van der Waals surface area contributed by atoms with Gasteiger partial charge in [-0.1, -0.05) is 0 Å². The van der Waals surface area contributed by atoms with Crippen LogP contribution >= 0.6 is 12.2 Å². The third kappa shape index (κ3) is 1.28. The fraction of sp³-hybridized carbons (Fsp3) is 0. The van der Waals surface area contributed by atoms with Crippen LogP contribution in [0.2, 0.25) is 0 Å². The number of hydrogen-bond donors (Lipinski definition) is 3. The predicted molar refractivity (Wildman–Crippen MR) is 36.9 cm³/mol. The highest BCUT2D eigenvalue weighted by Crippen LogP contribution is 1.83. The number of amides is 2. The first-order chi connectivity index (χ1) is 5.15. The van der Waals surface area contributed by atoms with E-state index in [2.05, 4.69) is 27.6 Å². The van der Waals surface area contributed by atoms with Crippen molar-refractivity contribution in [2.24, 2.45) is 0 Å². The van der Waals surface area contributed by atoms with Gasteiger partial charge < -0.3 is 0 Å². The molecule has 1 aliphatic rings. The minimum absolute atomic E-state index is 0.0626. The first-order valence-electron chi connectivity index (χ1n) is 2.56. The van der Waals surface area contributed by atoms with E-state index in [9.17, 15) is 9.59 Å². The minimum atomic E-state index is -0.742. The maximum atomic E-state index is 10.7. The lowest BCUT2D eigenvalue weighted by Gasteiger charge is -2.07. The van der Waals surface area contributed by atoms with Crippen molar-refractivity contribution in [3.05, 3.63) is 0 Å². The van der Waals surface area contributed by atoms with Gasteiger partial charge in [0.1, 0.15) is 0 Å². The zero-order chi connectivity index (χ0) is 8.43. The molecule has 0 unspecified atom stereocenters. The van der Waals surface area contributed by atoms with Crippen molar-refractivity contribution in [3.8, 4) is 0 Å². The molecule has 11 heavy (non-hydrogen) atoms. The summed E-state index contributed by atoms with van der Waals surface area (Å²) >= 11 is 4.48. The Morgan fingerprint density at radius 2 is 1.73 bits per heavy atom. The van der Waals surface area contributed by atoms with Crippen LogP contribution in [0.3, 0.4) is 0 Å². The molecular formula is C4H3N4O2S+. The molecule has 2 amide bonds. The van der Waals surface area contributed by atoms with Gasteiger partial charge in [-0.3, -0.25) is 20.2 Å². The normalized spacial score (nSPS) is 17.1. The lowest BCUT2D eigenvalue weighted by Crippen LogP contribution is -2.56. The molecule has 0 spiro atoms. The van der Waals surface area contributed by atoms with Crippen LogP contribution in [0.1, 0.15) is 0 Å².